The lowest BCUT2D eigenvalue weighted by molar-refractivity contribution is -0.140. The number of hydrogen-bond donors (Lipinski definition) is 3. The Labute approximate surface area is 227 Å². The summed E-state index contributed by atoms with van der Waals surface area (Å²) in [6.45, 7) is 5.92. The smallest absolute Gasteiger partial charge is 0.234 e. The van der Waals surface area contributed by atoms with Crippen LogP contribution in [0, 0.1) is 29.5 Å². The predicted molar refractivity (Wildman–Crippen MR) is 145 cm³/mol. The lowest BCUT2D eigenvalue weighted by atomic mass is 9.66. The fourth-order valence-electron chi connectivity index (χ4n) is 5.90. The number of allylic oxidation sites excluding steroid dienone is 2. The fourth-order valence-corrected chi connectivity index (χ4v) is 6.59. The summed E-state index contributed by atoms with van der Waals surface area (Å²) in [5.74, 6) is -3.34. The van der Waals surface area contributed by atoms with Gasteiger partial charge in [0.25, 0.3) is 0 Å². The van der Waals surface area contributed by atoms with Gasteiger partial charge in [-0.05, 0) is 66.3 Å². The van der Waals surface area contributed by atoms with Crippen LogP contribution in [-0.2, 0) is 16.1 Å². The molecule has 1 aromatic heterocycles. The highest BCUT2D eigenvalue weighted by Crippen LogP contribution is 2.48. The van der Waals surface area contributed by atoms with Crippen molar-refractivity contribution >= 4 is 29.2 Å². The molecule has 1 fully saturated rings. The van der Waals surface area contributed by atoms with E-state index in [0.29, 0.717) is 36.8 Å². The third kappa shape index (κ3) is 5.63. The minimum Gasteiger partial charge on any atom is -0.505 e. The van der Waals surface area contributed by atoms with Gasteiger partial charge in [0.2, 0.25) is 11.8 Å². The van der Waals surface area contributed by atoms with Crippen LogP contribution < -0.4 is 0 Å². The van der Waals surface area contributed by atoms with Crippen molar-refractivity contribution in [2.45, 2.75) is 59.1 Å². The minimum absolute atomic E-state index is 0.0463. The molecule has 0 spiro atoms. The average Bonchev–Trinajstić information content (AvgIpc) is 3.50. The van der Waals surface area contributed by atoms with E-state index in [1.165, 1.54) is 28.4 Å². The maximum Gasteiger partial charge on any atom is 0.234 e. The third-order valence-electron chi connectivity index (χ3n) is 7.89. The molecule has 1 aromatic carbocycles. The molecule has 4 rings (SSSR count). The number of imide groups is 1. The third-order valence-corrected chi connectivity index (χ3v) is 8.75. The summed E-state index contributed by atoms with van der Waals surface area (Å²) in [7, 11) is 0. The first-order valence-electron chi connectivity index (χ1n) is 13.2. The molecule has 0 saturated carbocycles. The van der Waals surface area contributed by atoms with Gasteiger partial charge >= 0.3 is 0 Å². The molecule has 0 radical (unpaired) electrons. The summed E-state index contributed by atoms with van der Waals surface area (Å²) in [5.41, 5.74) is 3.27. The van der Waals surface area contributed by atoms with E-state index in [0.717, 1.165) is 16.0 Å². The van der Waals surface area contributed by atoms with Crippen LogP contribution in [0.1, 0.15) is 56.9 Å². The van der Waals surface area contributed by atoms with E-state index >= 15 is 0 Å². The molecule has 6 nitrogen and oxygen atoms in total. The second-order valence-electron chi connectivity index (χ2n) is 10.5. The molecular formula is C30H36FNO5S. The average molecular weight is 542 g/mol. The maximum atomic E-state index is 13.8. The van der Waals surface area contributed by atoms with Crippen molar-refractivity contribution in [2.75, 3.05) is 6.61 Å². The van der Waals surface area contributed by atoms with Crippen molar-refractivity contribution in [3.8, 4) is 5.75 Å². The lowest BCUT2D eigenvalue weighted by Crippen LogP contribution is -2.39. The molecule has 0 unspecified atom stereocenters. The molecule has 204 valence electrons. The number of fused-ring (bicyclic) bond motifs is 1. The summed E-state index contributed by atoms with van der Waals surface area (Å²) in [4.78, 5) is 29.1. The van der Waals surface area contributed by atoms with Gasteiger partial charge in [-0.15, -0.1) is 11.3 Å². The Balaban J connectivity index is 1.57. The van der Waals surface area contributed by atoms with Gasteiger partial charge in [0.1, 0.15) is 0 Å². The van der Waals surface area contributed by atoms with Gasteiger partial charge in [0, 0.05) is 10.8 Å². The largest absolute Gasteiger partial charge is 0.505 e. The number of thiophene rings is 1. The molecule has 4 atom stereocenters. The summed E-state index contributed by atoms with van der Waals surface area (Å²) < 4.78 is 13.8. The topological polar surface area (TPSA) is 98.1 Å². The summed E-state index contributed by atoms with van der Waals surface area (Å²) in [6.07, 6.45) is 2.99. The van der Waals surface area contributed by atoms with Gasteiger partial charge in [0.15, 0.2) is 11.6 Å². The Kier molecular flexibility index (Phi) is 8.85. The zero-order valence-electron chi connectivity index (χ0n) is 22.1. The van der Waals surface area contributed by atoms with E-state index in [4.69, 9.17) is 0 Å². The zero-order chi connectivity index (χ0) is 27.6. The lowest BCUT2D eigenvalue weighted by Gasteiger charge is -2.38. The highest BCUT2D eigenvalue weighted by atomic mass is 32.1. The molecule has 2 heterocycles. The van der Waals surface area contributed by atoms with Crippen LogP contribution in [0.25, 0.3) is 6.08 Å². The molecule has 1 saturated heterocycles. The first-order chi connectivity index (χ1) is 18.2. The van der Waals surface area contributed by atoms with Crippen molar-refractivity contribution in [3.63, 3.8) is 0 Å². The molecule has 38 heavy (non-hydrogen) atoms. The maximum absolute atomic E-state index is 13.8. The molecule has 1 aliphatic carbocycles. The summed E-state index contributed by atoms with van der Waals surface area (Å²) >= 11 is 1.49. The van der Waals surface area contributed by atoms with Crippen LogP contribution >= 0.6 is 11.3 Å². The normalized spacial score (nSPS) is 23.0. The number of phenolic OH excluding ortho intramolecular Hbond substituents is 1. The van der Waals surface area contributed by atoms with Gasteiger partial charge in [0.05, 0.1) is 31.1 Å². The van der Waals surface area contributed by atoms with Gasteiger partial charge in [-0.2, -0.15) is 0 Å². The first kappa shape index (κ1) is 28.2. The zero-order valence-corrected chi connectivity index (χ0v) is 22.9. The molecule has 8 heteroatoms. The number of likely N-dealkylation sites (tertiary alicyclic amines) is 1. The van der Waals surface area contributed by atoms with Crippen molar-refractivity contribution in [2.24, 2.45) is 23.7 Å². The number of benzene rings is 1. The van der Waals surface area contributed by atoms with Crippen molar-refractivity contribution in [3.05, 3.63) is 68.7 Å². The minimum atomic E-state index is -0.883. The van der Waals surface area contributed by atoms with E-state index in [1.807, 2.05) is 44.4 Å². The summed E-state index contributed by atoms with van der Waals surface area (Å²) in [5, 5.41) is 33.3. The monoisotopic (exact) mass is 541 g/mol. The standard InChI is InChI=1S/C30H36FNO5S/c1-4-18(12-19-8-9-25(34)24(31)13-19)7-10-26(35)27-21(17(2)3)14-22-28(23(27)16-33)30(37)32(29(22)36)15-20-6-5-11-38-20/h5-6,8-9,11-13,17,22-23,26,28,33-35H,4,7,10,14-16H2,1-3H3/b18-12+/t22-,23+,26-,28-/m1/s1. The number of aromatic hydroxyl groups is 1. The SMILES string of the molecule is CC/C(=C\c1ccc(O)c(F)c1)CC[C@@H](O)C1=C(C(C)C)C[C@H]2C(=O)N(Cc3cccs3)C(=O)[C@H]2[C@H]1CO. The van der Waals surface area contributed by atoms with E-state index < -0.39 is 35.4 Å². The number of amides is 2. The molecule has 2 amide bonds. The number of rotatable bonds is 10. The number of carbonyl (C=O) groups excluding carboxylic acids is 2. The van der Waals surface area contributed by atoms with Crippen molar-refractivity contribution in [1.82, 2.24) is 4.90 Å². The highest BCUT2D eigenvalue weighted by Gasteiger charge is 2.55. The number of nitrogens with zero attached hydrogens (tertiary/aromatic N) is 1. The Morgan fingerprint density at radius 3 is 2.61 bits per heavy atom. The van der Waals surface area contributed by atoms with E-state index in [9.17, 15) is 29.3 Å². The Morgan fingerprint density at radius 1 is 1.24 bits per heavy atom. The first-order valence-corrected chi connectivity index (χ1v) is 14.1. The molecule has 0 bridgehead atoms. The number of aliphatic hydroxyl groups is 2. The molecule has 2 aromatic rings. The molecular weight excluding hydrogens is 505 g/mol. The van der Waals surface area contributed by atoms with Gasteiger partial charge in [-0.25, -0.2) is 4.39 Å². The Bertz CT molecular complexity index is 1240. The quantitative estimate of drug-likeness (QED) is 0.280. The number of halogens is 1. The highest BCUT2D eigenvalue weighted by molar-refractivity contribution is 7.09. The fraction of sp³-hybridized carbons (Fsp3) is 0.467. The number of phenols is 1. The number of carbonyl (C=O) groups is 2. The van der Waals surface area contributed by atoms with E-state index in [2.05, 4.69) is 0 Å². The van der Waals surface area contributed by atoms with Crippen LogP contribution in [0.5, 0.6) is 5.75 Å². The van der Waals surface area contributed by atoms with E-state index in [1.54, 1.807) is 6.07 Å². The second-order valence-corrected chi connectivity index (χ2v) is 11.6. The Morgan fingerprint density at radius 2 is 2.00 bits per heavy atom. The van der Waals surface area contributed by atoms with Crippen molar-refractivity contribution < 1.29 is 29.3 Å². The molecule has 3 N–H and O–H groups in total. The van der Waals surface area contributed by atoms with Crippen LogP contribution in [0.3, 0.4) is 0 Å². The molecule has 2 aliphatic rings. The predicted octanol–water partition coefficient (Wildman–Crippen LogP) is 5.29. The Hall–Kier alpha value is -2.81. The molecule has 1 aliphatic heterocycles. The van der Waals surface area contributed by atoms with Gasteiger partial charge < -0.3 is 15.3 Å². The van der Waals surface area contributed by atoms with Crippen LogP contribution in [0.4, 0.5) is 4.39 Å². The van der Waals surface area contributed by atoms with Crippen molar-refractivity contribution in [1.29, 1.82) is 0 Å². The number of aliphatic hydroxyl groups excluding tert-OH is 2. The number of hydrogen-bond acceptors (Lipinski definition) is 6. The summed E-state index contributed by atoms with van der Waals surface area (Å²) in [6, 6.07) is 8.01. The van der Waals surface area contributed by atoms with E-state index in [-0.39, 0.29) is 30.9 Å². The van der Waals surface area contributed by atoms with Crippen LogP contribution in [0.2, 0.25) is 0 Å². The second kappa shape index (κ2) is 11.9. The van der Waals surface area contributed by atoms with Gasteiger partial charge in [-0.3, -0.25) is 14.5 Å². The van der Waals surface area contributed by atoms with Crippen LogP contribution in [-0.4, -0.2) is 44.7 Å². The van der Waals surface area contributed by atoms with Gasteiger partial charge in [-0.1, -0.05) is 50.1 Å². The van der Waals surface area contributed by atoms with Crippen LogP contribution in [0.15, 0.2) is 52.4 Å².